The number of fused-ring (bicyclic) bond motifs is 1. The standard InChI is InChI=1S/C19H17N3OS/c1-13-4-7-15(8-5-13)22-18(23)11-14-6-9-17(21-19(14)22)20-12-16-3-2-10-24-16/h2-11,23H,12H2,1H3,(H,20,21). The number of hydrogen-bond acceptors (Lipinski definition) is 4. The number of pyridine rings is 1. The zero-order valence-corrected chi connectivity index (χ0v) is 14.0. The maximum atomic E-state index is 10.3. The summed E-state index contributed by atoms with van der Waals surface area (Å²) in [5.74, 6) is 0.985. The molecule has 0 radical (unpaired) electrons. The number of anilines is 1. The third kappa shape index (κ3) is 2.74. The van der Waals surface area contributed by atoms with Crippen molar-refractivity contribution in [2.45, 2.75) is 13.5 Å². The maximum Gasteiger partial charge on any atom is 0.197 e. The first-order valence-corrected chi connectivity index (χ1v) is 8.63. The zero-order valence-electron chi connectivity index (χ0n) is 13.2. The summed E-state index contributed by atoms with van der Waals surface area (Å²) < 4.78 is 1.77. The Labute approximate surface area is 144 Å². The first-order valence-electron chi connectivity index (χ1n) is 7.75. The number of aromatic nitrogens is 2. The van der Waals surface area contributed by atoms with Crippen LogP contribution in [-0.2, 0) is 6.54 Å². The smallest absolute Gasteiger partial charge is 0.197 e. The van der Waals surface area contributed by atoms with E-state index in [1.54, 1.807) is 22.0 Å². The highest BCUT2D eigenvalue weighted by atomic mass is 32.1. The highest BCUT2D eigenvalue weighted by Gasteiger charge is 2.11. The molecular formula is C19H17N3OS. The van der Waals surface area contributed by atoms with Crippen molar-refractivity contribution in [1.29, 1.82) is 0 Å². The van der Waals surface area contributed by atoms with Gasteiger partial charge in [0.05, 0.1) is 12.2 Å². The van der Waals surface area contributed by atoms with Gasteiger partial charge in [0.15, 0.2) is 5.88 Å². The molecule has 4 nitrogen and oxygen atoms in total. The normalized spacial score (nSPS) is 11.0. The second-order valence-electron chi connectivity index (χ2n) is 5.72. The predicted octanol–water partition coefficient (Wildman–Crippen LogP) is 4.71. The highest BCUT2D eigenvalue weighted by molar-refractivity contribution is 7.09. The lowest BCUT2D eigenvalue weighted by Gasteiger charge is -2.09. The third-order valence-electron chi connectivity index (χ3n) is 3.95. The summed E-state index contributed by atoms with van der Waals surface area (Å²) in [6, 6.07) is 17.8. The van der Waals surface area contributed by atoms with E-state index >= 15 is 0 Å². The highest BCUT2D eigenvalue weighted by Crippen LogP contribution is 2.28. The Hall–Kier alpha value is -2.79. The van der Waals surface area contributed by atoms with Crippen molar-refractivity contribution in [2.24, 2.45) is 0 Å². The van der Waals surface area contributed by atoms with E-state index in [-0.39, 0.29) is 5.88 Å². The van der Waals surface area contributed by atoms with Crippen LogP contribution in [0.15, 0.2) is 60.0 Å². The summed E-state index contributed by atoms with van der Waals surface area (Å²) in [6.45, 7) is 2.79. The summed E-state index contributed by atoms with van der Waals surface area (Å²) in [6.07, 6.45) is 0. The van der Waals surface area contributed by atoms with Crippen LogP contribution in [0.2, 0.25) is 0 Å². The fourth-order valence-electron chi connectivity index (χ4n) is 2.70. The van der Waals surface area contributed by atoms with Gasteiger partial charge >= 0.3 is 0 Å². The topological polar surface area (TPSA) is 50.1 Å². The van der Waals surface area contributed by atoms with Crippen LogP contribution < -0.4 is 5.32 Å². The number of aryl methyl sites for hydroxylation is 1. The molecule has 2 N–H and O–H groups in total. The molecule has 0 bridgehead atoms. The van der Waals surface area contributed by atoms with Gasteiger partial charge in [-0.1, -0.05) is 23.8 Å². The lowest BCUT2D eigenvalue weighted by molar-refractivity contribution is 0.445. The van der Waals surface area contributed by atoms with Gasteiger partial charge < -0.3 is 10.4 Å². The molecule has 0 spiro atoms. The fraction of sp³-hybridized carbons (Fsp3) is 0.105. The molecule has 0 aliphatic carbocycles. The van der Waals surface area contributed by atoms with Crippen molar-refractivity contribution in [2.75, 3.05) is 5.32 Å². The average molecular weight is 335 g/mol. The number of benzene rings is 1. The molecule has 0 saturated heterocycles. The average Bonchev–Trinajstić information content (AvgIpc) is 3.20. The van der Waals surface area contributed by atoms with E-state index in [2.05, 4.69) is 16.8 Å². The predicted molar refractivity (Wildman–Crippen MR) is 99.1 cm³/mol. The lowest BCUT2D eigenvalue weighted by Crippen LogP contribution is -2.01. The molecule has 0 unspecified atom stereocenters. The quantitative estimate of drug-likeness (QED) is 0.568. The van der Waals surface area contributed by atoms with Crippen LogP contribution in [0.3, 0.4) is 0 Å². The van der Waals surface area contributed by atoms with Gasteiger partial charge in [0.2, 0.25) is 0 Å². The summed E-state index contributed by atoms with van der Waals surface area (Å²) in [5, 5.41) is 16.6. The monoisotopic (exact) mass is 335 g/mol. The summed E-state index contributed by atoms with van der Waals surface area (Å²) in [5.41, 5.74) is 2.82. The second kappa shape index (κ2) is 6.02. The minimum Gasteiger partial charge on any atom is -0.494 e. The SMILES string of the molecule is Cc1ccc(-n2c(O)cc3ccc(NCc4cccs4)nc32)cc1. The van der Waals surface area contributed by atoms with Crippen LogP contribution in [0.1, 0.15) is 10.4 Å². The Morgan fingerprint density at radius 1 is 1.12 bits per heavy atom. The van der Waals surface area contributed by atoms with Crippen molar-refractivity contribution in [3.63, 3.8) is 0 Å². The molecule has 0 atom stereocenters. The Kier molecular flexibility index (Phi) is 3.70. The number of aromatic hydroxyl groups is 1. The van der Waals surface area contributed by atoms with Crippen LogP contribution in [0.25, 0.3) is 16.7 Å². The summed E-state index contributed by atoms with van der Waals surface area (Å²) >= 11 is 1.72. The van der Waals surface area contributed by atoms with Gasteiger partial charge in [-0.25, -0.2) is 4.98 Å². The molecule has 4 rings (SSSR count). The molecule has 0 saturated carbocycles. The van der Waals surface area contributed by atoms with Crippen LogP contribution >= 0.6 is 11.3 Å². The molecule has 0 fully saturated rings. The van der Waals surface area contributed by atoms with Crippen molar-refractivity contribution in [3.8, 4) is 11.6 Å². The molecule has 0 aliphatic rings. The van der Waals surface area contributed by atoms with Crippen molar-refractivity contribution in [3.05, 3.63) is 70.4 Å². The Morgan fingerprint density at radius 2 is 1.96 bits per heavy atom. The van der Waals surface area contributed by atoms with Gasteiger partial charge in [-0.05, 0) is 42.6 Å². The minimum atomic E-state index is 0.191. The van der Waals surface area contributed by atoms with Crippen molar-refractivity contribution < 1.29 is 5.11 Å². The fourth-order valence-corrected chi connectivity index (χ4v) is 3.35. The first kappa shape index (κ1) is 14.8. The molecule has 120 valence electrons. The second-order valence-corrected chi connectivity index (χ2v) is 6.75. The zero-order chi connectivity index (χ0) is 16.5. The molecule has 1 aromatic carbocycles. The summed E-state index contributed by atoms with van der Waals surface area (Å²) in [7, 11) is 0. The van der Waals surface area contributed by atoms with E-state index in [0.717, 1.165) is 29.1 Å². The van der Waals surface area contributed by atoms with E-state index < -0.39 is 0 Å². The van der Waals surface area contributed by atoms with Gasteiger partial charge in [0.25, 0.3) is 0 Å². The van der Waals surface area contributed by atoms with Crippen LogP contribution in [-0.4, -0.2) is 14.7 Å². The third-order valence-corrected chi connectivity index (χ3v) is 4.82. The van der Waals surface area contributed by atoms with Gasteiger partial charge in [0, 0.05) is 16.3 Å². The maximum absolute atomic E-state index is 10.3. The summed E-state index contributed by atoms with van der Waals surface area (Å²) in [4.78, 5) is 5.95. The molecule has 0 amide bonds. The Balaban J connectivity index is 1.72. The van der Waals surface area contributed by atoms with Crippen LogP contribution in [0, 0.1) is 6.92 Å². The number of hydrogen-bond donors (Lipinski definition) is 2. The van der Waals surface area contributed by atoms with Gasteiger partial charge in [0.1, 0.15) is 11.5 Å². The molecule has 3 heterocycles. The molecule has 0 aliphatic heterocycles. The molecule has 4 aromatic rings. The lowest BCUT2D eigenvalue weighted by atomic mass is 10.2. The van der Waals surface area contributed by atoms with Crippen molar-refractivity contribution >= 4 is 28.2 Å². The van der Waals surface area contributed by atoms with Gasteiger partial charge in [-0.15, -0.1) is 11.3 Å². The van der Waals surface area contributed by atoms with Gasteiger partial charge in [-0.3, -0.25) is 4.57 Å². The van der Waals surface area contributed by atoms with Gasteiger partial charge in [-0.2, -0.15) is 0 Å². The molecular weight excluding hydrogens is 318 g/mol. The first-order chi connectivity index (χ1) is 11.7. The number of nitrogens with one attached hydrogen (secondary N) is 1. The van der Waals surface area contributed by atoms with Crippen LogP contribution in [0.4, 0.5) is 5.82 Å². The van der Waals surface area contributed by atoms with Crippen molar-refractivity contribution in [1.82, 2.24) is 9.55 Å². The van der Waals surface area contributed by atoms with E-state index in [0.29, 0.717) is 0 Å². The molecule has 5 heteroatoms. The van der Waals surface area contributed by atoms with E-state index in [9.17, 15) is 5.11 Å². The van der Waals surface area contributed by atoms with Crippen LogP contribution in [0.5, 0.6) is 5.88 Å². The number of rotatable bonds is 4. The Bertz CT molecular complexity index is 972. The van der Waals surface area contributed by atoms with E-state index in [1.165, 1.54) is 10.4 Å². The van der Waals surface area contributed by atoms with E-state index in [1.807, 2.05) is 49.4 Å². The largest absolute Gasteiger partial charge is 0.494 e. The number of nitrogens with zero attached hydrogens (tertiary/aromatic N) is 2. The number of thiophene rings is 1. The minimum absolute atomic E-state index is 0.191. The Morgan fingerprint density at radius 3 is 2.71 bits per heavy atom. The molecule has 3 aromatic heterocycles. The molecule has 24 heavy (non-hydrogen) atoms. The van der Waals surface area contributed by atoms with E-state index in [4.69, 9.17) is 4.98 Å².